The summed E-state index contributed by atoms with van der Waals surface area (Å²) >= 11 is 7.92. The van der Waals surface area contributed by atoms with Gasteiger partial charge >= 0.3 is 12.3 Å². The number of rotatable bonds is 10. The number of alkyl halides is 5. The molecule has 0 bridgehead atoms. The van der Waals surface area contributed by atoms with Gasteiger partial charge in [-0.1, -0.05) is 36.4 Å². The maximum atomic E-state index is 17.1. The monoisotopic (exact) mass is 710 g/mol. The second-order valence-corrected chi connectivity index (χ2v) is 13.6. The van der Waals surface area contributed by atoms with Crippen molar-refractivity contribution in [1.29, 1.82) is 0 Å². The Morgan fingerprint density at radius 1 is 1.08 bits per heavy atom. The summed E-state index contributed by atoms with van der Waals surface area (Å²) in [4.78, 5) is 36.7. The Bertz CT molecular complexity index is 1780. The number of carbonyl (C=O) groups excluding carboxylic acids is 2. The Morgan fingerprint density at radius 3 is 2.33 bits per heavy atom. The van der Waals surface area contributed by atoms with Gasteiger partial charge in [-0.25, -0.2) is 13.6 Å². The summed E-state index contributed by atoms with van der Waals surface area (Å²) < 4.78 is 76.7. The minimum atomic E-state index is -5.10. The normalized spacial score (nSPS) is 24.6. The summed E-state index contributed by atoms with van der Waals surface area (Å²) in [6.07, 6.45) is -1.58. The van der Waals surface area contributed by atoms with Crippen LogP contribution in [0.1, 0.15) is 58.2 Å². The second-order valence-electron chi connectivity index (χ2n) is 11.8. The molecule has 256 valence electrons. The van der Waals surface area contributed by atoms with Gasteiger partial charge in [0.05, 0.1) is 9.58 Å². The number of benzene rings is 2. The van der Waals surface area contributed by atoms with Crippen LogP contribution in [0.2, 0.25) is 0 Å². The molecule has 1 fully saturated rings. The van der Waals surface area contributed by atoms with E-state index in [-0.39, 0.29) is 51.5 Å². The molecule has 2 aromatic carbocycles. The topological polar surface area (TPSA) is 95.9 Å². The van der Waals surface area contributed by atoms with Gasteiger partial charge in [0.2, 0.25) is 5.78 Å². The third kappa shape index (κ3) is 7.05. The van der Waals surface area contributed by atoms with Crippen LogP contribution in [0.3, 0.4) is 0 Å². The van der Waals surface area contributed by atoms with E-state index in [1.165, 1.54) is 48.4 Å². The Hall–Kier alpha value is -3.65. The van der Waals surface area contributed by atoms with E-state index in [1.54, 1.807) is 13.0 Å². The molecular formula is C34H32ClF5N2O5S. The van der Waals surface area contributed by atoms with E-state index in [4.69, 9.17) is 16.3 Å². The molecule has 2 N–H and O–H groups in total. The fourth-order valence-corrected chi connectivity index (χ4v) is 7.43. The van der Waals surface area contributed by atoms with Crippen molar-refractivity contribution in [1.82, 2.24) is 10.2 Å². The zero-order chi connectivity index (χ0) is 35.0. The lowest BCUT2D eigenvalue weighted by molar-refractivity contribution is -0.121. The van der Waals surface area contributed by atoms with Crippen LogP contribution >= 0.6 is 22.9 Å². The van der Waals surface area contributed by atoms with Crippen LogP contribution in [-0.2, 0) is 4.74 Å². The fourth-order valence-electron chi connectivity index (χ4n) is 6.11. The van der Waals surface area contributed by atoms with Crippen LogP contribution in [-0.4, -0.2) is 76.9 Å². The average molecular weight is 711 g/mol. The van der Waals surface area contributed by atoms with E-state index >= 15 is 4.39 Å². The molecule has 1 heterocycles. The Labute approximate surface area is 282 Å². The van der Waals surface area contributed by atoms with Crippen LogP contribution in [0.5, 0.6) is 0 Å². The van der Waals surface area contributed by atoms with Crippen LogP contribution in [0.25, 0.3) is 15.7 Å². The summed E-state index contributed by atoms with van der Waals surface area (Å²) in [6.45, 7) is 1.21. The van der Waals surface area contributed by atoms with Crippen LogP contribution in [0.4, 0.5) is 26.7 Å². The summed E-state index contributed by atoms with van der Waals surface area (Å²) in [5.41, 5.74) is -0.570. The number of halogens is 6. The number of allylic oxidation sites excluding steroid dienone is 2. The van der Waals surface area contributed by atoms with E-state index in [2.05, 4.69) is 5.32 Å². The lowest BCUT2D eigenvalue weighted by Gasteiger charge is -2.42. The summed E-state index contributed by atoms with van der Waals surface area (Å²) in [5.74, 6) is -6.03. The highest BCUT2D eigenvalue weighted by atomic mass is 35.5. The first-order valence-electron chi connectivity index (χ1n) is 15.2. The van der Waals surface area contributed by atoms with Crippen molar-refractivity contribution in [3.8, 4) is 0 Å². The Morgan fingerprint density at radius 2 is 1.75 bits per heavy atom. The van der Waals surface area contributed by atoms with Crippen molar-refractivity contribution in [2.75, 3.05) is 20.2 Å². The molecule has 2 atom stereocenters. The molecule has 48 heavy (non-hydrogen) atoms. The molecular weight excluding hydrogens is 679 g/mol. The van der Waals surface area contributed by atoms with E-state index < -0.39 is 45.9 Å². The molecule has 3 aromatic rings. The zero-order valence-electron chi connectivity index (χ0n) is 25.9. The molecule has 2 aliphatic rings. The molecule has 0 aliphatic heterocycles. The van der Waals surface area contributed by atoms with Gasteiger partial charge < -0.3 is 20.1 Å². The maximum absolute atomic E-state index is 17.1. The molecule has 14 heteroatoms. The van der Waals surface area contributed by atoms with Gasteiger partial charge in [-0.05, 0) is 73.4 Å². The van der Waals surface area contributed by atoms with Gasteiger partial charge in [0, 0.05) is 43.4 Å². The number of nitrogens with one attached hydrogen (secondary N) is 1. The molecule has 2 aliphatic carbocycles. The Kier molecular flexibility index (Phi) is 10.2. The number of fused-ring (bicyclic) bond motifs is 1. The van der Waals surface area contributed by atoms with Gasteiger partial charge in [0.25, 0.3) is 11.6 Å². The predicted octanol–water partition coefficient (Wildman–Crippen LogP) is 8.18. The van der Waals surface area contributed by atoms with Gasteiger partial charge in [-0.2, -0.15) is 13.2 Å². The number of ether oxygens (including phenoxy) is 1. The van der Waals surface area contributed by atoms with Gasteiger partial charge in [-0.15, -0.1) is 22.9 Å². The average Bonchev–Trinajstić information content (AvgIpc) is 3.50. The third-order valence-electron chi connectivity index (χ3n) is 8.79. The van der Waals surface area contributed by atoms with Crippen molar-refractivity contribution in [3.05, 3.63) is 88.1 Å². The summed E-state index contributed by atoms with van der Waals surface area (Å²) in [7, 11) is 1.51. The van der Waals surface area contributed by atoms with E-state index in [0.717, 1.165) is 29.5 Å². The molecule has 0 saturated heterocycles. The highest BCUT2D eigenvalue weighted by Crippen LogP contribution is 2.47. The summed E-state index contributed by atoms with van der Waals surface area (Å²) in [6, 6.07) is 9.87. The number of thiophene rings is 1. The molecule has 7 nitrogen and oxygen atoms in total. The maximum Gasteiger partial charge on any atom is 0.454 e. The van der Waals surface area contributed by atoms with Crippen LogP contribution < -0.4 is 5.32 Å². The largest absolute Gasteiger partial charge is 0.465 e. The quantitative estimate of drug-likeness (QED) is 0.125. The smallest absolute Gasteiger partial charge is 0.454 e. The van der Waals surface area contributed by atoms with Gasteiger partial charge in [-0.3, -0.25) is 9.59 Å². The lowest BCUT2D eigenvalue weighted by atomic mass is 9.80. The number of hydrogen-bond acceptors (Lipinski definition) is 6. The molecule has 2 unspecified atom stereocenters. The van der Waals surface area contributed by atoms with Crippen molar-refractivity contribution in [2.24, 2.45) is 0 Å². The van der Waals surface area contributed by atoms with Crippen molar-refractivity contribution < 1.29 is 46.2 Å². The number of Topliss-reactive ketones (excluding diaryl/α,β-unsaturated/α-hetero) is 2. The first-order valence-corrected chi connectivity index (χ1v) is 16.4. The van der Waals surface area contributed by atoms with Crippen molar-refractivity contribution in [3.63, 3.8) is 0 Å². The van der Waals surface area contributed by atoms with Gasteiger partial charge in [0.1, 0.15) is 10.7 Å². The van der Waals surface area contributed by atoms with E-state index in [1.807, 2.05) is 0 Å². The van der Waals surface area contributed by atoms with Crippen molar-refractivity contribution in [2.45, 2.75) is 61.6 Å². The van der Waals surface area contributed by atoms with Crippen molar-refractivity contribution >= 4 is 56.3 Å². The molecule has 0 radical (unpaired) electrons. The third-order valence-corrected chi connectivity index (χ3v) is 10.4. The molecule has 0 spiro atoms. The highest BCUT2D eigenvalue weighted by molar-refractivity contribution is 7.21. The first-order chi connectivity index (χ1) is 22.6. The minimum absolute atomic E-state index is 0.0817. The molecule has 1 amide bonds. The van der Waals surface area contributed by atoms with Crippen LogP contribution in [0.15, 0.2) is 66.3 Å². The number of nitrogens with zero attached hydrogens (tertiary/aromatic N) is 1. The molecule has 1 aromatic heterocycles. The SMILES string of the molecule is CCOC1(F)C=C(C(=O)c2cc3cccc(F)c3s2)C(c2ccc(C(=O)C(F)(F)F)cc2)=CC1(Cl)CNC1CCC(N(C)C(=O)O)CC1. The number of carbonyl (C=O) groups is 3. The molecule has 1 saturated carbocycles. The van der Waals surface area contributed by atoms with E-state index in [0.29, 0.717) is 31.1 Å². The number of carboxylic acid groups (broad SMARTS) is 1. The van der Waals surface area contributed by atoms with E-state index in [9.17, 15) is 37.1 Å². The Balaban J connectivity index is 1.52. The molecule has 5 rings (SSSR count). The standard InChI is InChI=1S/C34H32ClF5N2O5S/c1-3-47-33(37)17-25(28(43)27-15-21-5-4-6-26(36)29(21)48-27)24(19-7-9-20(10-8-19)30(44)34(38,39)40)16-32(33,35)18-41-22-11-13-23(14-12-22)42(2)31(45)46/h4-10,15-17,22-23,41H,3,11-14,18H2,1-2H3,(H,45,46). The second kappa shape index (κ2) is 13.7. The fraction of sp³-hybridized carbons (Fsp3) is 0.382. The lowest BCUT2D eigenvalue weighted by Crippen LogP contribution is -2.56. The first kappa shape index (κ1) is 35.7. The zero-order valence-corrected chi connectivity index (χ0v) is 27.4. The van der Waals surface area contributed by atoms with Gasteiger partial charge in [0.15, 0.2) is 0 Å². The minimum Gasteiger partial charge on any atom is -0.465 e. The predicted molar refractivity (Wildman–Crippen MR) is 173 cm³/mol. The number of amides is 1. The highest BCUT2D eigenvalue weighted by Gasteiger charge is 2.54. The van der Waals surface area contributed by atoms with Crippen LogP contribution in [0, 0.1) is 5.82 Å². The number of hydrogen-bond donors (Lipinski definition) is 2. The number of ketones is 2. The summed E-state index contributed by atoms with van der Waals surface area (Å²) in [5, 5.41) is 13.0.